The Balaban J connectivity index is 1.62. The van der Waals surface area contributed by atoms with E-state index in [4.69, 9.17) is 0 Å². The summed E-state index contributed by atoms with van der Waals surface area (Å²) in [6.45, 7) is 5.08. The summed E-state index contributed by atoms with van der Waals surface area (Å²) < 4.78 is 14.5. The molecule has 0 bridgehead atoms. The van der Waals surface area contributed by atoms with Crippen LogP contribution in [0.15, 0.2) is 47.1 Å². The van der Waals surface area contributed by atoms with Crippen molar-refractivity contribution >= 4 is 38.2 Å². The van der Waals surface area contributed by atoms with E-state index in [1.807, 2.05) is 12.3 Å². The van der Waals surface area contributed by atoms with Crippen molar-refractivity contribution in [1.29, 1.82) is 0 Å². The lowest BCUT2D eigenvalue weighted by atomic mass is 9.73. The first kappa shape index (κ1) is 16.1. The van der Waals surface area contributed by atoms with Crippen LogP contribution in [0, 0.1) is 12.7 Å². The summed E-state index contributed by atoms with van der Waals surface area (Å²) in [4.78, 5) is 9.24. The smallest absolute Gasteiger partial charge is 0.139 e. The van der Waals surface area contributed by atoms with Gasteiger partial charge in [0.2, 0.25) is 0 Å². The quantitative estimate of drug-likeness (QED) is 0.580. The van der Waals surface area contributed by atoms with E-state index in [9.17, 15) is 4.39 Å². The molecule has 1 fully saturated rings. The van der Waals surface area contributed by atoms with Crippen molar-refractivity contribution in [3.05, 3.63) is 64.0 Å². The van der Waals surface area contributed by atoms with E-state index in [1.54, 1.807) is 0 Å². The van der Waals surface area contributed by atoms with Crippen LogP contribution in [0.1, 0.15) is 11.1 Å². The van der Waals surface area contributed by atoms with Gasteiger partial charge in [-0.3, -0.25) is 4.98 Å². The lowest BCUT2D eigenvalue weighted by Crippen LogP contribution is -2.61. The van der Waals surface area contributed by atoms with Gasteiger partial charge in [0, 0.05) is 43.8 Å². The van der Waals surface area contributed by atoms with Gasteiger partial charge in [-0.15, -0.1) is 0 Å². The summed E-state index contributed by atoms with van der Waals surface area (Å²) >= 11 is 3.35. The Labute approximate surface area is 160 Å². The first-order valence-corrected chi connectivity index (χ1v) is 9.58. The number of pyridine rings is 1. The minimum atomic E-state index is -0.263. The van der Waals surface area contributed by atoms with Gasteiger partial charge < -0.3 is 9.80 Å². The zero-order chi connectivity index (χ0) is 18.1. The van der Waals surface area contributed by atoms with Gasteiger partial charge in [0.1, 0.15) is 5.82 Å². The van der Waals surface area contributed by atoms with Crippen LogP contribution in [0.3, 0.4) is 0 Å². The molecule has 1 saturated heterocycles. The molecule has 3 heterocycles. The molecule has 0 aliphatic carbocycles. The van der Waals surface area contributed by atoms with Crippen LogP contribution in [0.5, 0.6) is 0 Å². The molecule has 0 N–H and O–H groups in total. The van der Waals surface area contributed by atoms with E-state index >= 15 is 0 Å². The Morgan fingerprint density at radius 2 is 1.88 bits per heavy atom. The zero-order valence-corrected chi connectivity index (χ0v) is 16.3. The van der Waals surface area contributed by atoms with Gasteiger partial charge in [0.05, 0.1) is 27.3 Å². The fourth-order valence-electron chi connectivity index (χ4n) is 4.67. The number of aryl methyl sites for hydroxylation is 1. The second-order valence-electron chi connectivity index (χ2n) is 7.58. The van der Waals surface area contributed by atoms with Gasteiger partial charge in [-0.2, -0.15) is 0 Å². The summed E-state index contributed by atoms with van der Waals surface area (Å²) in [6, 6.07) is 12.0. The highest BCUT2D eigenvalue weighted by molar-refractivity contribution is 9.10. The number of fused-ring (bicyclic) bond motifs is 4. The van der Waals surface area contributed by atoms with Crippen LogP contribution < -0.4 is 9.80 Å². The van der Waals surface area contributed by atoms with Crippen LogP contribution in [-0.4, -0.2) is 31.7 Å². The first-order valence-electron chi connectivity index (χ1n) is 8.78. The van der Waals surface area contributed by atoms with Crippen LogP contribution >= 0.6 is 15.9 Å². The number of nitrogens with zero attached hydrogens (tertiary/aromatic N) is 3. The molecule has 3 aromatic rings. The predicted octanol–water partition coefficient (Wildman–Crippen LogP) is 4.65. The van der Waals surface area contributed by atoms with Crippen molar-refractivity contribution in [2.45, 2.75) is 12.3 Å². The van der Waals surface area contributed by atoms with Crippen LogP contribution in [0.2, 0.25) is 0 Å². The number of hydrogen-bond acceptors (Lipinski definition) is 3. The maximum Gasteiger partial charge on any atom is 0.139 e. The summed E-state index contributed by atoms with van der Waals surface area (Å²) in [5.74, 6) is -0.263. The highest BCUT2D eigenvalue weighted by atomic mass is 79.9. The molecule has 5 heteroatoms. The third-order valence-electron chi connectivity index (χ3n) is 5.81. The third-order valence-corrected chi connectivity index (χ3v) is 6.42. The number of rotatable bonds is 1. The number of para-hydroxylation sites is 1. The molecular formula is C21H19BrFN3. The number of halogens is 2. The second-order valence-corrected chi connectivity index (χ2v) is 8.44. The van der Waals surface area contributed by atoms with Crippen molar-refractivity contribution in [3.63, 3.8) is 0 Å². The molecule has 1 aromatic heterocycles. The SMILES string of the molecule is Cc1ccccc1N1CC2(CN(C)c3cnc4cc(F)c(Br)cc4c32)C1. The van der Waals surface area contributed by atoms with E-state index in [1.165, 1.54) is 28.6 Å². The van der Waals surface area contributed by atoms with Gasteiger partial charge in [-0.05, 0) is 46.1 Å². The third kappa shape index (κ3) is 2.13. The molecule has 2 aromatic carbocycles. The van der Waals surface area contributed by atoms with Crippen molar-refractivity contribution < 1.29 is 4.39 Å². The Morgan fingerprint density at radius 3 is 2.65 bits per heavy atom. The number of benzene rings is 2. The van der Waals surface area contributed by atoms with E-state index < -0.39 is 0 Å². The number of anilines is 2. The van der Waals surface area contributed by atoms with Gasteiger partial charge in [0.15, 0.2) is 0 Å². The summed E-state index contributed by atoms with van der Waals surface area (Å²) in [7, 11) is 2.12. The van der Waals surface area contributed by atoms with Crippen LogP contribution in [0.25, 0.3) is 10.9 Å². The predicted molar refractivity (Wildman–Crippen MR) is 108 cm³/mol. The van der Waals surface area contributed by atoms with E-state index in [0.717, 1.165) is 30.5 Å². The topological polar surface area (TPSA) is 19.4 Å². The minimum Gasteiger partial charge on any atom is -0.372 e. The lowest BCUT2D eigenvalue weighted by molar-refractivity contribution is 0.356. The summed E-state index contributed by atoms with van der Waals surface area (Å²) in [5.41, 5.74) is 5.90. The normalized spacial score (nSPS) is 17.7. The summed E-state index contributed by atoms with van der Waals surface area (Å²) in [5, 5.41) is 1.06. The second kappa shape index (κ2) is 5.43. The van der Waals surface area contributed by atoms with Crippen molar-refractivity contribution in [2.75, 3.05) is 36.5 Å². The van der Waals surface area contributed by atoms with Crippen molar-refractivity contribution in [2.24, 2.45) is 0 Å². The number of aromatic nitrogens is 1. The van der Waals surface area contributed by atoms with Crippen LogP contribution in [0.4, 0.5) is 15.8 Å². The molecule has 0 unspecified atom stereocenters. The van der Waals surface area contributed by atoms with Gasteiger partial charge >= 0.3 is 0 Å². The van der Waals surface area contributed by atoms with Gasteiger partial charge in [-0.1, -0.05) is 18.2 Å². The number of likely N-dealkylation sites (N-methyl/N-ethyl adjacent to an activating group) is 1. The van der Waals surface area contributed by atoms with Gasteiger partial charge in [0.25, 0.3) is 0 Å². The fraction of sp³-hybridized carbons (Fsp3) is 0.286. The standard InChI is InChI=1S/C21H19BrFN3/c1-13-5-3-4-6-18(13)26-11-21(12-26)10-25(2)19-9-24-17-8-16(23)15(22)7-14(17)20(19)21/h3-9H,10-12H2,1-2H3. The van der Waals surface area contributed by atoms with Crippen molar-refractivity contribution in [1.82, 2.24) is 4.98 Å². The Morgan fingerprint density at radius 1 is 1.12 bits per heavy atom. The molecule has 3 nitrogen and oxygen atoms in total. The van der Waals surface area contributed by atoms with Gasteiger partial charge in [-0.25, -0.2) is 4.39 Å². The molecule has 26 heavy (non-hydrogen) atoms. The van der Waals surface area contributed by atoms with Crippen molar-refractivity contribution in [3.8, 4) is 0 Å². The maximum absolute atomic E-state index is 14.0. The highest BCUT2D eigenvalue weighted by Gasteiger charge is 2.51. The molecule has 1 spiro atoms. The monoisotopic (exact) mass is 411 g/mol. The lowest BCUT2D eigenvalue weighted by Gasteiger charge is -2.50. The first-order chi connectivity index (χ1) is 12.5. The molecule has 5 rings (SSSR count). The molecular weight excluding hydrogens is 393 g/mol. The van der Waals surface area contributed by atoms with Crippen LogP contribution in [-0.2, 0) is 5.41 Å². The number of hydrogen-bond donors (Lipinski definition) is 0. The molecule has 2 aliphatic heterocycles. The summed E-state index contributed by atoms with van der Waals surface area (Å²) in [6.07, 6.45) is 1.90. The molecule has 0 atom stereocenters. The fourth-order valence-corrected chi connectivity index (χ4v) is 5.02. The Bertz CT molecular complexity index is 1040. The molecule has 0 radical (unpaired) electrons. The average molecular weight is 412 g/mol. The molecule has 132 valence electrons. The molecule has 2 aliphatic rings. The maximum atomic E-state index is 14.0. The minimum absolute atomic E-state index is 0.0742. The van der Waals surface area contributed by atoms with E-state index in [0.29, 0.717) is 4.47 Å². The Kier molecular flexibility index (Phi) is 3.35. The average Bonchev–Trinajstić information content (AvgIpc) is 2.89. The van der Waals surface area contributed by atoms with E-state index in [2.05, 4.69) is 69.0 Å². The molecule has 0 amide bonds. The Hall–Kier alpha value is -2.14. The largest absolute Gasteiger partial charge is 0.372 e. The highest BCUT2D eigenvalue weighted by Crippen LogP contribution is 2.50. The zero-order valence-electron chi connectivity index (χ0n) is 14.8. The molecule has 0 saturated carbocycles. The van der Waals surface area contributed by atoms with E-state index in [-0.39, 0.29) is 11.2 Å².